The van der Waals surface area contributed by atoms with E-state index in [9.17, 15) is 5.11 Å². The second-order valence-electron chi connectivity index (χ2n) is 5.18. The average Bonchev–Trinajstić information content (AvgIpc) is 2.30. The minimum absolute atomic E-state index is 0.504. The van der Waals surface area contributed by atoms with Gasteiger partial charge in [-0.1, -0.05) is 12.1 Å². The molecule has 86 valence electrons. The molecule has 2 heteroatoms. The lowest BCUT2D eigenvalue weighted by Crippen LogP contribution is -2.43. The Bertz CT molecular complexity index is 402. The van der Waals surface area contributed by atoms with Crippen molar-refractivity contribution in [1.29, 1.82) is 0 Å². The predicted octanol–water partition coefficient (Wildman–Crippen LogP) is 2.52. The van der Waals surface area contributed by atoms with Crippen molar-refractivity contribution in [2.24, 2.45) is 0 Å². The number of rotatable bonds is 0. The molecule has 0 aromatic heterocycles. The molecule has 1 aliphatic carbocycles. The van der Waals surface area contributed by atoms with E-state index >= 15 is 0 Å². The smallest absolute Gasteiger partial charge is 0.119 e. The van der Waals surface area contributed by atoms with Gasteiger partial charge in [-0.3, -0.25) is 0 Å². The van der Waals surface area contributed by atoms with Gasteiger partial charge in [-0.05, 0) is 62.4 Å². The fourth-order valence-corrected chi connectivity index (χ4v) is 3.51. The summed E-state index contributed by atoms with van der Waals surface area (Å²) in [5, 5.41) is 9.90. The molecule has 0 bridgehead atoms. The van der Waals surface area contributed by atoms with Crippen LogP contribution in [0.1, 0.15) is 36.3 Å². The SMILES string of the molecule is CN1CCC[C@@H]2c3cccc(O)c3CC[C@H]21. The van der Waals surface area contributed by atoms with E-state index < -0.39 is 0 Å². The highest BCUT2D eigenvalue weighted by Gasteiger charge is 2.35. The third kappa shape index (κ3) is 1.44. The van der Waals surface area contributed by atoms with Crippen LogP contribution in [-0.2, 0) is 6.42 Å². The molecule has 0 radical (unpaired) electrons. The van der Waals surface area contributed by atoms with Gasteiger partial charge in [0.25, 0.3) is 0 Å². The van der Waals surface area contributed by atoms with Gasteiger partial charge in [0, 0.05) is 6.04 Å². The summed E-state index contributed by atoms with van der Waals surface area (Å²) < 4.78 is 0. The first-order valence-corrected chi connectivity index (χ1v) is 6.28. The van der Waals surface area contributed by atoms with Crippen LogP contribution in [0.4, 0.5) is 0 Å². The van der Waals surface area contributed by atoms with Crippen LogP contribution in [0.5, 0.6) is 5.75 Å². The second kappa shape index (κ2) is 3.77. The van der Waals surface area contributed by atoms with Gasteiger partial charge in [-0.2, -0.15) is 0 Å². The van der Waals surface area contributed by atoms with Crippen molar-refractivity contribution in [3.8, 4) is 5.75 Å². The van der Waals surface area contributed by atoms with Gasteiger partial charge in [0.05, 0.1) is 0 Å². The number of likely N-dealkylation sites (tertiary alicyclic amines) is 1. The number of nitrogens with zero attached hydrogens (tertiary/aromatic N) is 1. The van der Waals surface area contributed by atoms with Crippen molar-refractivity contribution in [2.75, 3.05) is 13.6 Å². The Kier molecular flexibility index (Phi) is 2.40. The van der Waals surface area contributed by atoms with Crippen LogP contribution >= 0.6 is 0 Å². The monoisotopic (exact) mass is 217 g/mol. The number of likely N-dealkylation sites (N-methyl/N-ethyl adjacent to an activating group) is 1. The van der Waals surface area contributed by atoms with E-state index in [2.05, 4.69) is 18.0 Å². The van der Waals surface area contributed by atoms with E-state index in [-0.39, 0.29) is 0 Å². The maximum absolute atomic E-state index is 9.90. The van der Waals surface area contributed by atoms with Crippen LogP contribution in [0.2, 0.25) is 0 Å². The summed E-state index contributed by atoms with van der Waals surface area (Å²) in [6, 6.07) is 6.73. The fraction of sp³-hybridized carbons (Fsp3) is 0.571. The zero-order valence-corrected chi connectivity index (χ0v) is 9.82. The molecular weight excluding hydrogens is 198 g/mol. The Hall–Kier alpha value is -1.02. The summed E-state index contributed by atoms with van der Waals surface area (Å²) in [7, 11) is 2.24. The summed E-state index contributed by atoms with van der Waals surface area (Å²) in [5.41, 5.74) is 2.61. The molecular formula is C14H19NO. The van der Waals surface area contributed by atoms with Crippen LogP contribution in [0, 0.1) is 0 Å². The number of hydrogen-bond acceptors (Lipinski definition) is 2. The van der Waals surface area contributed by atoms with Gasteiger partial charge < -0.3 is 10.0 Å². The van der Waals surface area contributed by atoms with Gasteiger partial charge in [-0.25, -0.2) is 0 Å². The van der Waals surface area contributed by atoms with Crippen molar-refractivity contribution in [3.63, 3.8) is 0 Å². The topological polar surface area (TPSA) is 23.5 Å². The highest BCUT2D eigenvalue weighted by molar-refractivity contribution is 5.44. The quantitative estimate of drug-likeness (QED) is 0.722. The number of hydrogen-bond donors (Lipinski definition) is 1. The maximum atomic E-state index is 9.90. The molecule has 1 aromatic carbocycles. The number of piperidine rings is 1. The first kappa shape index (κ1) is 10.2. The van der Waals surface area contributed by atoms with Crippen molar-refractivity contribution < 1.29 is 5.11 Å². The summed E-state index contributed by atoms with van der Waals surface area (Å²) in [4.78, 5) is 2.50. The van der Waals surface area contributed by atoms with Crippen LogP contribution in [-0.4, -0.2) is 29.6 Å². The van der Waals surface area contributed by atoms with Gasteiger partial charge in [0.2, 0.25) is 0 Å². The molecule has 0 amide bonds. The number of fused-ring (bicyclic) bond motifs is 3. The summed E-state index contributed by atoms with van der Waals surface area (Å²) in [5.74, 6) is 1.15. The molecule has 0 unspecified atom stereocenters. The number of phenols is 1. The molecule has 1 heterocycles. The Morgan fingerprint density at radius 2 is 2.19 bits per heavy atom. The third-order valence-electron chi connectivity index (χ3n) is 4.33. The Labute approximate surface area is 96.9 Å². The Morgan fingerprint density at radius 3 is 3.06 bits per heavy atom. The molecule has 2 aliphatic rings. The predicted molar refractivity (Wildman–Crippen MR) is 64.8 cm³/mol. The molecule has 0 spiro atoms. The second-order valence-corrected chi connectivity index (χ2v) is 5.18. The first-order chi connectivity index (χ1) is 7.77. The molecule has 1 N–H and O–H groups in total. The molecule has 1 saturated heterocycles. The van der Waals surface area contributed by atoms with Crippen molar-refractivity contribution in [1.82, 2.24) is 4.90 Å². The summed E-state index contributed by atoms with van der Waals surface area (Å²) >= 11 is 0. The first-order valence-electron chi connectivity index (χ1n) is 6.28. The highest BCUT2D eigenvalue weighted by atomic mass is 16.3. The minimum atomic E-state index is 0.504. The van der Waals surface area contributed by atoms with Crippen LogP contribution < -0.4 is 0 Å². The minimum Gasteiger partial charge on any atom is -0.508 e. The fourth-order valence-electron chi connectivity index (χ4n) is 3.51. The van der Waals surface area contributed by atoms with Gasteiger partial charge in [0.15, 0.2) is 0 Å². The zero-order chi connectivity index (χ0) is 11.1. The molecule has 1 aromatic rings. The highest BCUT2D eigenvalue weighted by Crippen LogP contribution is 2.42. The summed E-state index contributed by atoms with van der Waals surface area (Å²) in [6.07, 6.45) is 4.80. The number of benzene rings is 1. The zero-order valence-electron chi connectivity index (χ0n) is 9.82. The van der Waals surface area contributed by atoms with Crippen molar-refractivity contribution >= 4 is 0 Å². The molecule has 1 fully saturated rings. The van der Waals surface area contributed by atoms with E-state index in [4.69, 9.17) is 0 Å². The van der Waals surface area contributed by atoms with E-state index in [1.165, 1.54) is 36.9 Å². The van der Waals surface area contributed by atoms with Crippen molar-refractivity contribution in [3.05, 3.63) is 29.3 Å². The molecule has 3 rings (SSSR count). The molecule has 0 saturated carbocycles. The largest absolute Gasteiger partial charge is 0.508 e. The molecule has 16 heavy (non-hydrogen) atoms. The third-order valence-corrected chi connectivity index (χ3v) is 4.33. The normalized spacial score (nSPS) is 29.6. The number of phenolic OH excluding ortho intramolecular Hbond substituents is 1. The van der Waals surface area contributed by atoms with E-state index in [0.29, 0.717) is 17.7 Å². The van der Waals surface area contributed by atoms with Crippen LogP contribution in [0.15, 0.2) is 18.2 Å². The lowest BCUT2D eigenvalue weighted by Gasteiger charge is -2.43. The van der Waals surface area contributed by atoms with Gasteiger partial charge in [0.1, 0.15) is 5.75 Å². The van der Waals surface area contributed by atoms with Gasteiger partial charge in [-0.15, -0.1) is 0 Å². The summed E-state index contributed by atoms with van der Waals surface area (Å²) in [6.45, 7) is 1.23. The van der Waals surface area contributed by atoms with Crippen LogP contribution in [0.3, 0.4) is 0 Å². The lowest BCUT2D eigenvalue weighted by atomic mass is 9.74. The molecule has 2 atom stereocenters. The average molecular weight is 217 g/mol. The van der Waals surface area contributed by atoms with E-state index in [1.807, 2.05) is 12.1 Å². The molecule has 2 nitrogen and oxygen atoms in total. The van der Waals surface area contributed by atoms with E-state index in [0.717, 1.165) is 6.42 Å². The number of aromatic hydroxyl groups is 1. The maximum Gasteiger partial charge on any atom is 0.119 e. The van der Waals surface area contributed by atoms with Crippen molar-refractivity contribution in [2.45, 2.75) is 37.6 Å². The molecule has 1 aliphatic heterocycles. The lowest BCUT2D eigenvalue weighted by molar-refractivity contribution is 0.143. The van der Waals surface area contributed by atoms with E-state index in [1.54, 1.807) is 0 Å². The van der Waals surface area contributed by atoms with Crippen LogP contribution in [0.25, 0.3) is 0 Å². The Balaban J connectivity index is 2.02. The standard InChI is InChI=1S/C14H19NO/c1-15-9-3-5-11-10-4-2-6-14(16)12(10)7-8-13(11)15/h2,4,6,11,13,16H,3,5,7-9H2,1H3/t11-,13-/m1/s1. The Morgan fingerprint density at radius 1 is 1.31 bits per heavy atom. The van der Waals surface area contributed by atoms with Gasteiger partial charge >= 0.3 is 0 Å².